The van der Waals surface area contributed by atoms with Gasteiger partial charge in [0.25, 0.3) is 5.91 Å². The molecule has 0 saturated carbocycles. The van der Waals surface area contributed by atoms with E-state index in [0.717, 1.165) is 50.8 Å². The fourth-order valence-electron chi connectivity index (χ4n) is 4.90. The molecule has 0 aliphatic carbocycles. The third kappa shape index (κ3) is 11.7. The normalized spacial score (nSPS) is 11.6. The number of unbranched alkanes of at least 4 members (excludes halogenated alkanes) is 5. The standard InChI is InChI=1S/C37H43N5O7S/c1-2-3-4-5-6-7-20-39-31(44)19-12-25-10-13-27(14-11-25)35-34(42-36(50-35)29-9-8-21-38-29)26-15-17-28(18-16-26)49-24-33(46)40-22-32(45)41-30(23-43)37(47)48/h8-19,21,30,38,43H,2-7,20,22-24H2,1H3,(H,39,44)(H,40,46)(H,41,45)(H,47,48). The van der Waals surface area contributed by atoms with E-state index in [1.165, 1.54) is 25.7 Å². The van der Waals surface area contributed by atoms with E-state index in [1.807, 2.05) is 54.7 Å². The van der Waals surface area contributed by atoms with Gasteiger partial charge in [0.2, 0.25) is 11.8 Å². The number of amides is 3. The lowest BCUT2D eigenvalue weighted by Crippen LogP contribution is -2.47. The highest BCUT2D eigenvalue weighted by atomic mass is 32.1. The number of ether oxygens (including phenoxy) is 1. The number of carbonyl (C=O) groups is 4. The molecule has 2 heterocycles. The molecule has 0 bridgehead atoms. The number of nitrogens with zero attached hydrogens (tertiary/aromatic N) is 1. The quantitative estimate of drug-likeness (QED) is 0.0549. The van der Waals surface area contributed by atoms with Crippen LogP contribution in [-0.2, 0) is 19.2 Å². The molecule has 2 aromatic carbocycles. The average Bonchev–Trinajstić information content (AvgIpc) is 3.82. The molecule has 0 aliphatic rings. The monoisotopic (exact) mass is 701 g/mol. The van der Waals surface area contributed by atoms with E-state index in [2.05, 4.69) is 27.9 Å². The molecule has 1 unspecified atom stereocenters. The number of hydrogen-bond donors (Lipinski definition) is 6. The summed E-state index contributed by atoms with van der Waals surface area (Å²) in [5, 5.41) is 26.1. The number of hydrogen-bond acceptors (Lipinski definition) is 8. The Morgan fingerprint density at radius 3 is 2.32 bits per heavy atom. The summed E-state index contributed by atoms with van der Waals surface area (Å²) in [7, 11) is 0. The van der Waals surface area contributed by atoms with Gasteiger partial charge in [0.1, 0.15) is 16.8 Å². The van der Waals surface area contributed by atoms with Crippen LogP contribution in [0.4, 0.5) is 0 Å². The molecule has 12 nitrogen and oxygen atoms in total. The lowest BCUT2D eigenvalue weighted by molar-refractivity contribution is -0.142. The number of carboxylic acids is 1. The number of aliphatic hydroxyl groups is 1. The molecule has 1 atom stereocenters. The Morgan fingerprint density at radius 1 is 0.920 bits per heavy atom. The van der Waals surface area contributed by atoms with Gasteiger partial charge in [-0.25, -0.2) is 9.78 Å². The summed E-state index contributed by atoms with van der Waals surface area (Å²) < 4.78 is 5.57. The van der Waals surface area contributed by atoms with E-state index in [-0.39, 0.29) is 12.5 Å². The van der Waals surface area contributed by atoms with Crippen molar-refractivity contribution in [2.45, 2.75) is 51.5 Å². The summed E-state index contributed by atoms with van der Waals surface area (Å²) in [5.41, 5.74) is 4.37. The number of aromatic amines is 1. The van der Waals surface area contributed by atoms with E-state index in [0.29, 0.717) is 12.3 Å². The zero-order chi connectivity index (χ0) is 35.7. The van der Waals surface area contributed by atoms with Crippen molar-refractivity contribution in [2.75, 3.05) is 26.3 Å². The van der Waals surface area contributed by atoms with Crippen LogP contribution in [0.3, 0.4) is 0 Å². The van der Waals surface area contributed by atoms with E-state index < -0.39 is 37.0 Å². The molecule has 0 fully saturated rings. The van der Waals surface area contributed by atoms with Crippen molar-refractivity contribution in [1.82, 2.24) is 25.9 Å². The van der Waals surface area contributed by atoms with E-state index in [1.54, 1.807) is 35.6 Å². The minimum absolute atomic E-state index is 0.103. The number of aromatic nitrogens is 2. The van der Waals surface area contributed by atoms with Crippen LogP contribution in [0.5, 0.6) is 5.75 Å². The van der Waals surface area contributed by atoms with Crippen molar-refractivity contribution in [1.29, 1.82) is 0 Å². The fourth-order valence-corrected chi connectivity index (χ4v) is 5.98. The number of H-pyrrole nitrogens is 1. The Labute approximate surface area is 295 Å². The Bertz CT molecular complexity index is 1720. The first kappa shape index (κ1) is 37.5. The summed E-state index contributed by atoms with van der Waals surface area (Å²) in [6, 6.07) is 17.5. The highest BCUT2D eigenvalue weighted by molar-refractivity contribution is 7.18. The SMILES string of the molecule is CCCCCCCCNC(=O)C=Cc1ccc(-c2sc(-c3ccc[nH]3)nc2-c2ccc(OCC(=O)NCC(=O)NC(CO)C(=O)O)cc2)cc1. The summed E-state index contributed by atoms with van der Waals surface area (Å²) in [4.78, 5) is 56.4. The Kier molecular flexibility index (Phi) is 14.8. The van der Waals surface area contributed by atoms with Crippen LogP contribution in [0.15, 0.2) is 72.9 Å². The minimum atomic E-state index is -1.45. The molecule has 0 aliphatic heterocycles. The molecule has 13 heteroatoms. The Morgan fingerprint density at radius 2 is 1.64 bits per heavy atom. The fraction of sp³-hybridized carbons (Fsp3) is 0.324. The second kappa shape index (κ2) is 19.7. The van der Waals surface area contributed by atoms with Gasteiger partial charge in [0.15, 0.2) is 6.61 Å². The van der Waals surface area contributed by atoms with Gasteiger partial charge in [0, 0.05) is 24.4 Å². The number of carbonyl (C=O) groups excluding carboxylic acids is 3. The third-order valence-electron chi connectivity index (χ3n) is 7.64. The number of aliphatic hydroxyl groups excluding tert-OH is 1. The van der Waals surface area contributed by atoms with Gasteiger partial charge in [-0.3, -0.25) is 14.4 Å². The molecule has 0 spiro atoms. The molecule has 4 aromatic rings. The van der Waals surface area contributed by atoms with Gasteiger partial charge in [-0.15, -0.1) is 11.3 Å². The molecule has 3 amide bonds. The first-order chi connectivity index (χ1) is 24.3. The summed E-state index contributed by atoms with van der Waals surface area (Å²) in [6.07, 6.45) is 12.3. The predicted octanol–water partition coefficient (Wildman–Crippen LogP) is 5.02. The summed E-state index contributed by atoms with van der Waals surface area (Å²) in [5.74, 6) is -2.40. The van der Waals surface area contributed by atoms with Gasteiger partial charge >= 0.3 is 5.97 Å². The van der Waals surface area contributed by atoms with E-state index >= 15 is 0 Å². The van der Waals surface area contributed by atoms with Crippen molar-refractivity contribution in [2.24, 2.45) is 0 Å². The van der Waals surface area contributed by atoms with Gasteiger partial charge in [-0.1, -0.05) is 63.3 Å². The topological polar surface area (TPSA) is 183 Å². The van der Waals surface area contributed by atoms with Crippen LogP contribution in [0.25, 0.3) is 38.5 Å². The van der Waals surface area contributed by atoms with Gasteiger partial charge in [0.05, 0.1) is 29.4 Å². The smallest absolute Gasteiger partial charge is 0.328 e. The number of aliphatic carboxylic acids is 1. The Hall–Kier alpha value is -5.27. The zero-order valence-electron chi connectivity index (χ0n) is 27.9. The predicted molar refractivity (Wildman–Crippen MR) is 193 cm³/mol. The van der Waals surface area contributed by atoms with Gasteiger partial charge in [-0.2, -0.15) is 0 Å². The second-order valence-electron chi connectivity index (χ2n) is 11.5. The molecule has 0 radical (unpaired) electrons. The molecular formula is C37H43N5O7S. The average molecular weight is 702 g/mol. The van der Waals surface area contributed by atoms with Crippen LogP contribution in [0, 0.1) is 0 Å². The molecule has 4 rings (SSSR count). The molecule has 6 N–H and O–H groups in total. The Balaban J connectivity index is 1.36. The largest absolute Gasteiger partial charge is 0.484 e. The number of thiazole rings is 1. The van der Waals surface area contributed by atoms with Crippen molar-refractivity contribution < 1.29 is 34.1 Å². The molecule has 50 heavy (non-hydrogen) atoms. The lowest BCUT2D eigenvalue weighted by atomic mass is 10.0. The number of benzene rings is 2. The second-order valence-corrected chi connectivity index (χ2v) is 12.5. The van der Waals surface area contributed by atoms with Crippen LogP contribution in [0.1, 0.15) is 51.0 Å². The van der Waals surface area contributed by atoms with E-state index in [4.69, 9.17) is 19.9 Å². The van der Waals surface area contributed by atoms with Crippen molar-refractivity contribution >= 4 is 41.1 Å². The number of nitrogens with one attached hydrogen (secondary N) is 4. The minimum Gasteiger partial charge on any atom is -0.484 e. The first-order valence-electron chi connectivity index (χ1n) is 16.6. The lowest BCUT2D eigenvalue weighted by Gasteiger charge is -2.12. The van der Waals surface area contributed by atoms with Crippen molar-refractivity contribution in [3.63, 3.8) is 0 Å². The summed E-state index contributed by atoms with van der Waals surface area (Å²) >= 11 is 1.55. The molecule has 2 aromatic heterocycles. The number of rotatable bonds is 20. The van der Waals surface area contributed by atoms with Crippen LogP contribution < -0.4 is 20.7 Å². The maximum absolute atomic E-state index is 12.3. The van der Waals surface area contributed by atoms with Crippen LogP contribution >= 0.6 is 11.3 Å². The molecule has 0 saturated heterocycles. The van der Waals surface area contributed by atoms with Crippen LogP contribution in [0.2, 0.25) is 0 Å². The van der Waals surface area contributed by atoms with Crippen molar-refractivity contribution in [3.05, 3.63) is 78.5 Å². The summed E-state index contributed by atoms with van der Waals surface area (Å²) in [6.45, 7) is 1.28. The maximum atomic E-state index is 12.3. The highest BCUT2D eigenvalue weighted by Crippen LogP contribution is 2.40. The highest BCUT2D eigenvalue weighted by Gasteiger charge is 2.19. The first-order valence-corrected chi connectivity index (χ1v) is 17.4. The van der Waals surface area contributed by atoms with Gasteiger partial charge < -0.3 is 35.9 Å². The third-order valence-corrected chi connectivity index (χ3v) is 8.78. The van der Waals surface area contributed by atoms with Crippen LogP contribution in [-0.4, -0.2) is 76.2 Å². The van der Waals surface area contributed by atoms with Gasteiger partial charge in [-0.05, 0) is 60.0 Å². The maximum Gasteiger partial charge on any atom is 0.328 e. The van der Waals surface area contributed by atoms with E-state index in [9.17, 15) is 19.2 Å². The van der Waals surface area contributed by atoms with Crippen molar-refractivity contribution in [3.8, 4) is 38.1 Å². The zero-order valence-corrected chi connectivity index (χ0v) is 28.8. The number of carboxylic acid groups (broad SMARTS) is 1. The molecule has 264 valence electrons. The molecular weight excluding hydrogens is 659 g/mol.